The predicted octanol–water partition coefficient (Wildman–Crippen LogP) is 2.32. The summed E-state index contributed by atoms with van der Waals surface area (Å²) >= 11 is 0. The Kier molecular flexibility index (Phi) is 2.79. The van der Waals surface area contributed by atoms with Crippen LogP contribution in [0.15, 0.2) is 23.2 Å². The van der Waals surface area contributed by atoms with Crippen molar-refractivity contribution in [1.82, 2.24) is 0 Å². The minimum absolute atomic E-state index is 0.377. The number of nitrogens with zero attached hydrogens (tertiary/aromatic N) is 1. The topological polar surface area (TPSA) is 38.7 Å². The van der Waals surface area contributed by atoms with Crippen LogP contribution in [0.5, 0.6) is 5.75 Å². The lowest BCUT2D eigenvalue weighted by molar-refractivity contribution is 0.287. The van der Waals surface area contributed by atoms with Crippen molar-refractivity contribution in [2.24, 2.45) is 4.99 Å². The van der Waals surface area contributed by atoms with E-state index in [0.29, 0.717) is 12.2 Å². The van der Waals surface area contributed by atoms with Gasteiger partial charge in [0.15, 0.2) is 0 Å². The van der Waals surface area contributed by atoms with E-state index < -0.39 is 6.30 Å². The number of hydrogen-bond donors (Lipinski definition) is 0. The second-order valence-electron chi connectivity index (χ2n) is 3.38. The van der Waals surface area contributed by atoms with Crippen LogP contribution in [0.4, 0.5) is 4.39 Å². The fraction of sp³-hybridized carbons (Fsp3) is 0.364. The van der Waals surface area contributed by atoms with Crippen LogP contribution in [0.25, 0.3) is 0 Å². The molecule has 2 rings (SSSR count). The minimum atomic E-state index is -1.62. The molecule has 3 nitrogen and oxygen atoms in total. The maximum atomic E-state index is 13.2. The molecule has 0 fully saturated rings. The zero-order valence-corrected chi connectivity index (χ0v) is 8.07. The fourth-order valence-electron chi connectivity index (χ4n) is 1.65. The van der Waals surface area contributed by atoms with Gasteiger partial charge in [-0.3, -0.25) is 0 Å². The molecule has 1 aromatic carbocycles. The van der Waals surface area contributed by atoms with Crippen molar-refractivity contribution in [3.05, 3.63) is 29.3 Å². The van der Waals surface area contributed by atoms with Gasteiger partial charge >= 0.3 is 0 Å². The van der Waals surface area contributed by atoms with E-state index in [1.807, 2.05) is 0 Å². The second kappa shape index (κ2) is 4.24. The number of aryl methyl sites for hydroxylation is 1. The van der Waals surface area contributed by atoms with Gasteiger partial charge < -0.3 is 4.74 Å². The molecule has 1 unspecified atom stereocenters. The average molecular weight is 207 g/mol. The zero-order chi connectivity index (χ0) is 10.7. The van der Waals surface area contributed by atoms with E-state index in [4.69, 9.17) is 4.74 Å². The Hall–Kier alpha value is -1.67. The Labute approximate surface area is 86.6 Å². The Balaban J connectivity index is 2.31. The predicted molar refractivity (Wildman–Crippen MR) is 52.2 cm³/mol. The smallest absolute Gasteiger partial charge is 0.238 e. The van der Waals surface area contributed by atoms with E-state index in [1.54, 1.807) is 18.2 Å². The molecule has 0 spiro atoms. The Morgan fingerprint density at radius 3 is 3.20 bits per heavy atom. The van der Waals surface area contributed by atoms with Gasteiger partial charge in [-0.2, -0.15) is 4.99 Å². The van der Waals surface area contributed by atoms with E-state index in [2.05, 4.69) is 4.99 Å². The lowest BCUT2D eigenvalue weighted by Crippen LogP contribution is -2.08. The molecule has 15 heavy (non-hydrogen) atoms. The van der Waals surface area contributed by atoms with Crippen LogP contribution in [-0.4, -0.2) is 12.7 Å². The Morgan fingerprint density at radius 2 is 2.40 bits per heavy atom. The first-order valence-electron chi connectivity index (χ1n) is 4.78. The summed E-state index contributed by atoms with van der Waals surface area (Å²) in [5, 5.41) is 0. The molecular weight excluding hydrogens is 197 g/mol. The highest BCUT2D eigenvalue weighted by atomic mass is 19.1. The number of ether oxygens (including phenoxy) is 1. The number of aliphatic imine (C=N–C) groups is 1. The monoisotopic (exact) mass is 207 g/mol. The maximum absolute atomic E-state index is 13.2. The summed E-state index contributed by atoms with van der Waals surface area (Å²) in [7, 11) is 0. The molecular formula is C11H10FNO2. The van der Waals surface area contributed by atoms with Crippen molar-refractivity contribution in [1.29, 1.82) is 0 Å². The molecule has 0 N–H and O–H groups in total. The lowest BCUT2D eigenvalue weighted by Gasteiger charge is -2.17. The Morgan fingerprint density at radius 1 is 1.53 bits per heavy atom. The molecule has 0 amide bonds. The highest BCUT2D eigenvalue weighted by molar-refractivity contribution is 5.40. The normalized spacial score (nSPS) is 15.8. The number of hydrogen-bond acceptors (Lipinski definition) is 3. The van der Waals surface area contributed by atoms with Crippen molar-refractivity contribution >= 4 is 6.08 Å². The summed E-state index contributed by atoms with van der Waals surface area (Å²) in [6, 6.07) is 4.99. The molecule has 4 heteroatoms. The van der Waals surface area contributed by atoms with E-state index in [1.165, 1.54) is 6.08 Å². The van der Waals surface area contributed by atoms with Gasteiger partial charge in [-0.05, 0) is 30.5 Å². The fourth-order valence-corrected chi connectivity index (χ4v) is 1.65. The minimum Gasteiger partial charge on any atom is -0.493 e. The molecule has 1 heterocycles. The Bertz CT molecular complexity index is 413. The van der Waals surface area contributed by atoms with Crippen molar-refractivity contribution in [3.63, 3.8) is 0 Å². The van der Waals surface area contributed by atoms with E-state index >= 15 is 0 Å². The summed E-state index contributed by atoms with van der Waals surface area (Å²) in [5.41, 5.74) is 1.35. The number of rotatable bonds is 2. The summed E-state index contributed by atoms with van der Waals surface area (Å²) in [6.45, 7) is 0.706. The highest BCUT2D eigenvalue weighted by Gasteiger charge is 2.14. The van der Waals surface area contributed by atoms with Crippen LogP contribution in [0.3, 0.4) is 0 Å². The first-order chi connectivity index (χ1) is 7.31. The molecule has 1 aromatic rings. The van der Waals surface area contributed by atoms with Crippen LogP contribution in [0.2, 0.25) is 0 Å². The van der Waals surface area contributed by atoms with Crippen LogP contribution >= 0.6 is 0 Å². The van der Waals surface area contributed by atoms with Gasteiger partial charge in [0.25, 0.3) is 0 Å². The molecule has 0 radical (unpaired) electrons. The molecule has 0 aliphatic carbocycles. The SMILES string of the molecule is O=C=NC(F)c1ccc2c(c1)CCCO2. The molecule has 1 atom stereocenters. The van der Waals surface area contributed by atoms with Crippen LogP contribution in [0.1, 0.15) is 23.8 Å². The van der Waals surface area contributed by atoms with E-state index in [9.17, 15) is 9.18 Å². The quantitative estimate of drug-likeness (QED) is 0.424. The van der Waals surface area contributed by atoms with Crippen molar-refractivity contribution in [2.75, 3.05) is 6.61 Å². The van der Waals surface area contributed by atoms with Gasteiger partial charge in [0.2, 0.25) is 12.4 Å². The number of carbonyl (C=O) groups excluding carboxylic acids is 1. The summed E-state index contributed by atoms with van der Waals surface area (Å²) < 4.78 is 18.6. The lowest BCUT2D eigenvalue weighted by atomic mass is 10.0. The molecule has 0 saturated carbocycles. The van der Waals surface area contributed by atoms with Gasteiger partial charge in [-0.1, -0.05) is 6.07 Å². The maximum Gasteiger partial charge on any atom is 0.238 e. The van der Waals surface area contributed by atoms with Gasteiger partial charge in [-0.25, -0.2) is 9.18 Å². The van der Waals surface area contributed by atoms with Gasteiger partial charge in [-0.15, -0.1) is 0 Å². The third-order valence-corrected chi connectivity index (χ3v) is 2.37. The number of benzene rings is 1. The number of alkyl halides is 1. The first-order valence-corrected chi connectivity index (χ1v) is 4.78. The third kappa shape index (κ3) is 2.05. The number of isocyanates is 1. The van der Waals surface area contributed by atoms with Crippen LogP contribution in [-0.2, 0) is 11.2 Å². The van der Waals surface area contributed by atoms with Crippen molar-refractivity contribution in [3.8, 4) is 5.75 Å². The average Bonchev–Trinajstić information content (AvgIpc) is 2.29. The van der Waals surface area contributed by atoms with Crippen LogP contribution in [0, 0.1) is 0 Å². The summed E-state index contributed by atoms with van der Waals surface area (Å²) in [5.74, 6) is 0.798. The molecule has 1 aliphatic rings. The second-order valence-corrected chi connectivity index (χ2v) is 3.38. The number of fused-ring (bicyclic) bond motifs is 1. The zero-order valence-electron chi connectivity index (χ0n) is 8.07. The number of halogens is 1. The van der Waals surface area contributed by atoms with Crippen molar-refractivity contribution in [2.45, 2.75) is 19.1 Å². The van der Waals surface area contributed by atoms with E-state index in [0.717, 1.165) is 24.2 Å². The molecule has 78 valence electrons. The largest absolute Gasteiger partial charge is 0.493 e. The van der Waals surface area contributed by atoms with E-state index in [-0.39, 0.29) is 0 Å². The van der Waals surface area contributed by atoms with Gasteiger partial charge in [0, 0.05) is 5.56 Å². The summed E-state index contributed by atoms with van der Waals surface area (Å²) in [6.07, 6.45) is 1.41. The standard InChI is InChI=1S/C11H10FNO2/c12-11(13-7-14)9-3-4-10-8(6-9)2-1-5-15-10/h3-4,6,11H,1-2,5H2. The van der Waals surface area contributed by atoms with Crippen LogP contribution < -0.4 is 4.74 Å². The molecule has 0 bridgehead atoms. The van der Waals surface area contributed by atoms with Crippen molar-refractivity contribution < 1.29 is 13.9 Å². The molecule has 0 saturated heterocycles. The molecule has 1 aliphatic heterocycles. The van der Waals surface area contributed by atoms with Gasteiger partial charge in [0.1, 0.15) is 5.75 Å². The highest BCUT2D eigenvalue weighted by Crippen LogP contribution is 2.29. The molecule has 0 aromatic heterocycles. The van der Waals surface area contributed by atoms with Gasteiger partial charge in [0.05, 0.1) is 6.61 Å². The first kappa shape index (κ1) is 9.87. The summed E-state index contributed by atoms with van der Waals surface area (Å²) in [4.78, 5) is 13.0. The third-order valence-electron chi connectivity index (χ3n) is 2.37.